The van der Waals surface area contributed by atoms with E-state index in [1.54, 1.807) is 13.0 Å². The van der Waals surface area contributed by atoms with Gasteiger partial charge in [0.1, 0.15) is 0 Å². The second kappa shape index (κ2) is 6.56. The van der Waals surface area contributed by atoms with E-state index < -0.39 is 4.92 Å². The van der Waals surface area contributed by atoms with E-state index in [1.807, 2.05) is 0 Å². The number of benzene rings is 1. The Balaban J connectivity index is 2.52. The normalized spacial score (nSPS) is 12.2. The van der Waals surface area contributed by atoms with Crippen LogP contribution in [0.5, 0.6) is 0 Å². The summed E-state index contributed by atoms with van der Waals surface area (Å²) in [6.45, 7) is 2.48. The molecule has 0 aromatic heterocycles. The Morgan fingerprint density at radius 1 is 1.59 bits per heavy atom. The van der Waals surface area contributed by atoms with Crippen LogP contribution in [0, 0.1) is 10.1 Å². The van der Waals surface area contributed by atoms with Crippen molar-refractivity contribution < 1.29 is 10.0 Å². The average Bonchev–Trinajstić information content (AvgIpc) is 2.25. The van der Waals surface area contributed by atoms with Crippen molar-refractivity contribution in [2.75, 3.05) is 11.9 Å². The summed E-state index contributed by atoms with van der Waals surface area (Å²) in [5, 5.41) is 22.8. The van der Waals surface area contributed by atoms with Crippen molar-refractivity contribution in [2.24, 2.45) is 0 Å². The standard InChI is InChI=1S/C11H15BrN2O3/c1-8(15)3-2-6-13-11-5-4-9(14(16)17)7-10(11)12/h4-5,7-8,13,15H,2-3,6H2,1H3. The van der Waals surface area contributed by atoms with E-state index in [-0.39, 0.29) is 11.8 Å². The lowest BCUT2D eigenvalue weighted by Crippen LogP contribution is -2.06. The summed E-state index contributed by atoms with van der Waals surface area (Å²) < 4.78 is 0.670. The molecule has 0 radical (unpaired) electrons. The topological polar surface area (TPSA) is 75.4 Å². The molecule has 1 unspecified atom stereocenters. The van der Waals surface area contributed by atoms with Gasteiger partial charge in [0.2, 0.25) is 0 Å². The number of nitro benzene ring substituents is 1. The highest BCUT2D eigenvalue weighted by Gasteiger charge is 2.08. The molecule has 0 spiro atoms. The number of halogens is 1. The smallest absolute Gasteiger partial charge is 0.270 e. The van der Waals surface area contributed by atoms with Gasteiger partial charge in [-0.3, -0.25) is 10.1 Å². The Kier molecular flexibility index (Phi) is 5.37. The van der Waals surface area contributed by atoms with Crippen molar-refractivity contribution >= 4 is 27.3 Å². The number of anilines is 1. The number of rotatable bonds is 6. The molecule has 0 fully saturated rings. The van der Waals surface area contributed by atoms with Crippen LogP contribution in [0.2, 0.25) is 0 Å². The minimum absolute atomic E-state index is 0.0615. The maximum atomic E-state index is 10.5. The maximum absolute atomic E-state index is 10.5. The predicted molar refractivity (Wildman–Crippen MR) is 70.2 cm³/mol. The predicted octanol–water partition coefficient (Wildman–Crippen LogP) is 2.93. The van der Waals surface area contributed by atoms with E-state index >= 15 is 0 Å². The SMILES string of the molecule is CC(O)CCCNc1ccc([N+](=O)[O-])cc1Br. The summed E-state index contributed by atoms with van der Waals surface area (Å²) in [5.74, 6) is 0. The lowest BCUT2D eigenvalue weighted by molar-refractivity contribution is -0.384. The number of aliphatic hydroxyl groups is 1. The van der Waals surface area contributed by atoms with Crippen LogP contribution in [0.4, 0.5) is 11.4 Å². The van der Waals surface area contributed by atoms with Crippen molar-refractivity contribution in [3.05, 3.63) is 32.8 Å². The average molecular weight is 303 g/mol. The molecule has 2 N–H and O–H groups in total. The minimum atomic E-state index is -0.429. The molecule has 5 nitrogen and oxygen atoms in total. The fourth-order valence-corrected chi connectivity index (χ4v) is 1.89. The number of nitrogens with one attached hydrogen (secondary N) is 1. The van der Waals surface area contributed by atoms with Gasteiger partial charge in [-0.15, -0.1) is 0 Å². The zero-order chi connectivity index (χ0) is 12.8. The molecule has 0 aliphatic carbocycles. The molecule has 1 rings (SSSR count). The van der Waals surface area contributed by atoms with E-state index in [2.05, 4.69) is 21.2 Å². The molecule has 94 valence electrons. The van der Waals surface area contributed by atoms with Crippen molar-refractivity contribution in [3.63, 3.8) is 0 Å². The van der Waals surface area contributed by atoms with Crippen LogP contribution in [0.3, 0.4) is 0 Å². The van der Waals surface area contributed by atoms with E-state index in [1.165, 1.54) is 12.1 Å². The highest BCUT2D eigenvalue weighted by atomic mass is 79.9. The van der Waals surface area contributed by atoms with Gasteiger partial charge in [0.25, 0.3) is 5.69 Å². The third-order valence-electron chi connectivity index (χ3n) is 2.28. The molecule has 0 saturated heterocycles. The van der Waals surface area contributed by atoms with E-state index in [0.717, 1.165) is 25.1 Å². The molecule has 17 heavy (non-hydrogen) atoms. The van der Waals surface area contributed by atoms with Gasteiger partial charge in [-0.2, -0.15) is 0 Å². The van der Waals surface area contributed by atoms with Gasteiger partial charge in [-0.05, 0) is 41.8 Å². The number of nitrogens with zero attached hydrogens (tertiary/aromatic N) is 1. The molecule has 0 heterocycles. The summed E-state index contributed by atoms with van der Waals surface area (Å²) >= 11 is 3.28. The van der Waals surface area contributed by atoms with E-state index in [4.69, 9.17) is 5.11 Å². The lowest BCUT2D eigenvalue weighted by atomic mass is 10.2. The molecule has 0 aliphatic heterocycles. The summed E-state index contributed by atoms with van der Waals surface area (Å²) in [7, 11) is 0. The molecular weight excluding hydrogens is 288 g/mol. The first kappa shape index (κ1) is 13.9. The number of non-ortho nitro benzene ring substituents is 1. The monoisotopic (exact) mass is 302 g/mol. The number of hydrogen-bond acceptors (Lipinski definition) is 4. The summed E-state index contributed by atoms with van der Waals surface area (Å²) in [6, 6.07) is 4.60. The van der Waals surface area contributed by atoms with Crippen LogP contribution in [-0.4, -0.2) is 22.7 Å². The summed E-state index contributed by atoms with van der Waals surface area (Å²) in [5.41, 5.74) is 0.882. The highest BCUT2D eigenvalue weighted by Crippen LogP contribution is 2.26. The first-order valence-electron chi connectivity index (χ1n) is 5.36. The van der Waals surface area contributed by atoms with Gasteiger partial charge < -0.3 is 10.4 Å². The molecule has 0 bridgehead atoms. The quantitative estimate of drug-likeness (QED) is 0.481. The molecule has 6 heteroatoms. The van der Waals surface area contributed by atoms with Crippen molar-refractivity contribution in [1.82, 2.24) is 0 Å². The van der Waals surface area contributed by atoms with E-state index in [0.29, 0.717) is 4.47 Å². The minimum Gasteiger partial charge on any atom is -0.393 e. The zero-order valence-electron chi connectivity index (χ0n) is 9.52. The maximum Gasteiger partial charge on any atom is 0.270 e. The van der Waals surface area contributed by atoms with Crippen LogP contribution in [0.25, 0.3) is 0 Å². The molecule has 1 aromatic carbocycles. The van der Waals surface area contributed by atoms with Crippen LogP contribution in [0.15, 0.2) is 22.7 Å². The fraction of sp³-hybridized carbons (Fsp3) is 0.455. The second-order valence-electron chi connectivity index (χ2n) is 3.84. The van der Waals surface area contributed by atoms with Gasteiger partial charge in [0, 0.05) is 28.8 Å². The lowest BCUT2D eigenvalue weighted by Gasteiger charge is -2.09. The highest BCUT2D eigenvalue weighted by molar-refractivity contribution is 9.10. The number of aliphatic hydroxyl groups excluding tert-OH is 1. The van der Waals surface area contributed by atoms with Gasteiger partial charge >= 0.3 is 0 Å². The summed E-state index contributed by atoms with van der Waals surface area (Å²) in [4.78, 5) is 10.1. The van der Waals surface area contributed by atoms with Gasteiger partial charge in [0.15, 0.2) is 0 Å². The van der Waals surface area contributed by atoms with Crippen LogP contribution in [-0.2, 0) is 0 Å². The van der Waals surface area contributed by atoms with Crippen molar-refractivity contribution in [1.29, 1.82) is 0 Å². The molecule has 0 amide bonds. The number of hydrogen-bond donors (Lipinski definition) is 2. The molecule has 1 aromatic rings. The van der Waals surface area contributed by atoms with Crippen molar-refractivity contribution in [3.8, 4) is 0 Å². The Bertz CT molecular complexity index is 396. The van der Waals surface area contributed by atoms with Crippen LogP contribution < -0.4 is 5.32 Å². The Morgan fingerprint density at radius 3 is 2.82 bits per heavy atom. The van der Waals surface area contributed by atoms with Gasteiger partial charge in [-0.1, -0.05) is 0 Å². The van der Waals surface area contributed by atoms with Crippen LogP contribution in [0.1, 0.15) is 19.8 Å². The Morgan fingerprint density at radius 2 is 2.29 bits per heavy atom. The molecule has 0 aliphatic rings. The first-order chi connectivity index (χ1) is 8.00. The fourth-order valence-electron chi connectivity index (χ4n) is 1.38. The van der Waals surface area contributed by atoms with Gasteiger partial charge in [0.05, 0.1) is 11.0 Å². The molecule has 0 saturated carbocycles. The van der Waals surface area contributed by atoms with Gasteiger partial charge in [-0.25, -0.2) is 0 Å². The first-order valence-corrected chi connectivity index (χ1v) is 6.16. The zero-order valence-corrected chi connectivity index (χ0v) is 11.1. The van der Waals surface area contributed by atoms with Crippen molar-refractivity contribution in [2.45, 2.75) is 25.9 Å². The molecular formula is C11H15BrN2O3. The largest absolute Gasteiger partial charge is 0.393 e. The summed E-state index contributed by atoms with van der Waals surface area (Å²) in [6.07, 6.45) is 1.29. The third kappa shape index (κ3) is 4.70. The number of nitro groups is 1. The van der Waals surface area contributed by atoms with Crippen LogP contribution >= 0.6 is 15.9 Å². The second-order valence-corrected chi connectivity index (χ2v) is 4.69. The third-order valence-corrected chi connectivity index (χ3v) is 2.93. The van der Waals surface area contributed by atoms with E-state index in [9.17, 15) is 10.1 Å². The Labute approximate surface area is 108 Å². The Hall–Kier alpha value is -1.14. The molecule has 1 atom stereocenters.